The number of ether oxygens (including phenoxy) is 1. The van der Waals surface area contributed by atoms with Crippen molar-refractivity contribution in [3.05, 3.63) is 36.2 Å². The van der Waals surface area contributed by atoms with E-state index in [0.717, 1.165) is 41.9 Å². The first-order valence-electron chi connectivity index (χ1n) is 8.03. The highest BCUT2D eigenvalue weighted by Crippen LogP contribution is 2.32. The second-order valence-corrected chi connectivity index (χ2v) is 5.88. The standard InChI is InChI=1S/C18H22N4O2/c1-12-18-15(8-9-20-12)14-7-6-13(24-2)11-16(14)22(18)10-4-3-5-17(19)21-23/h6-9,11,23H,3-5,10H2,1-2H3,(H2,19,21). The quantitative estimate of drug-likeness (QED) is 0.239. The Bertz CT molecular complexity index is 899. The fraction of sp³-hybridized carbons (Fsp3) is 0.333. The van der Waals surface area contributed by atoms with E-state index in [1.807, 2.05) is 19.2 Å². The SMILES string of the molecule is COc1ccc2c3ccnc(C)c3n(CCCC/C(N)=N/O)c2c1. The van der Waals surface area contributed by atoms with E-state index in [1.165, 1.54) is 10.8 Å². The maximum absolute atomic E-state index is 8.63. The Morgan fingerprint density at radius 1 is 1.29 bits per heavy atom. The summed E-state index contributed by atoms with van der Waals surface area (Å²) in [5.41, 5.74) is 8.86. The summed E-state index contributed by atoms with van der Waals surface area (Å²) in [4.78, 5) is 4.45. The van der Waals surface area contributed by atoms with Crippen molar-refractivity contribution >= 4 is 27.6 Å². The molecule has 0 radical (unpaired) electrons. The summed E-state index contributed by atoms with van der Waals surface area (Å²) >= 11 is 0. The van der Waals surface area contributed by atoms with E-state index in [0.29, 0.717) is 6.42 Å². The lowest BCUT2D eigenvalue weighted by Gasteiger charge is -2.09. The Kier molecular flexibility index (Phi) is 4.55. The summed E-state index contributed by atoms with van der Waals surface area (Å²) < 4.78 is 7.68. The Balaban J connectivity index is 2.02. The van der Waals surface area contributed by atoms with Crippen LogP contribution in [0.2, 0.25) is 0 Å². The van der Waals surface area contributed by atoms with Gasteiger partial charge in [0.1, 0.15) is 11.6 Å². The van der Waals surface area contributed by atoms with Gasteiger partial charge in [0.2, 0.25) is 0 Å². The van der Waals surface area contributed by atoms with Gasteiger partial charge in [0.05, 0.1) is 23.8 Å². The zero-order valence-corrected chi connectivity index (χ0v) is 14.0. The van der Waals surface area contributed by atoms with Gasteiger partial charge in [-0.3, -0.25) is 4.98 Å². The fourth-order valence-corrected chi connectivity index (χ4v) is 3.18. The molecule has 126 valence electrons. The molecule has 1 aromatic carbocycles. The van der Waals surface area contributed by atoms with Crippen molar-refractivity contribution in [2.75, 3.05) is 7.11 Å². The van der Waals surface area contributed by atoms with Gasteiger partial charge in [-0.05, 0) is 38.0 Å². The number of nitrogens with two attached hydrogens (primary N) is 1. The molecule has 6 nitrogen and oxygen atoms in total. The molecule has 0 amide bonds. The molecule has 0 fully saturated rings. The normalized spacial score (nSPS) is 12.2. The smallest absolute Gasteiger partial charge is 0.139 e. The van der Waals surface area contributed by atoms with Gasteiger partial charge in [0.25, 0.3) is 0 Å². The van der Waals surface area contributed by atoms with E-state index in [1.54, 1.807) is 7.11 Å². The second kappa shape index (κ2) is 6.78. The molecule has 0 aliphatic rings. The van der Waals surface area contributed by atoms with Crippen molar-refractivity contribution < 1.29 is 9.94 Å². The molecule has 2 aromatic heterocycles. The van der Waals surface area contributed by atoms with Gasteiger partial charge in [-0.1, -0.05) is 5.16 Å². The third-order valence-corrected chi connectivity index (χ3v) is 4.36. The van der Waals surface area contributed by atoms with Crippen molar-refractivity contribution in [1.29, 1.82) is 0 Å². The van der Waals surface area contributed by atoms with Crippen molar-refractivity contribution in [2.45, 2.75) is 32.7 Å². The van der Waals surface area contributed by atoms with Crippen molar-refractivity contribution in [1.82, 2.24) is 9.55 Å². The predicted octanol–water partition coefficient (Wildman–Crippen LogP) is 3.42. The summed E-state index contributed by atoms with van der Waals surface area (Å²) in [5, 5.41) is 14.1. The number of oxime groups is 1. The first-order chi connectivity index (χ1) is 11.7. The van der Waals surface area contributed by atoms with Crippen molar-refractivity contribution in [3.8, 4) is 5.75 Å². The van der Waals surface area contributed by atoms with E-state index in [4.69, 9.17) is 15.7 Å². The molecule has 0 aliphatic carbocycles. The van der Waals surface area contributed by atoms with E-state index in [2.05, 4.69) is 32.9 Å². The number of rotatable bonds is 6. The van der Waals surface area contributed by atoms with Crippen LogP contribution in [0.5, 0.6) is 5.75 Å². The molecule has 0 aliphatic heterocycles. The minimum atomic E-state index is 0.275. The fourth-order valence-electron chi connectivity index (χ4n) is 3.18. The van der Waals surface area contributed by atoms with Crippen molar-refractivity contribution in [3.63, 3.8) is 0 Å². The van der Waals surface area contributed by atoms with Crippen molar-refractivity contribution in [2.24, 2.45) is 10.9 Å². The van der Waals surface area contributed by atoms with Crippen LogP contribution in [0.15, 0.2) is 35.6 Å². The zero-order chi connectivity index (χ0) is 17.1. The van der Waals surface area contributed by atoms with Crippen LogP contribution in [-0.4, -0.2) is 27.7 Å². The number of pyridine rings is 1. The lowest BCUT2D eigenvalue weighted by atomic mass is 10.1. The van der Waals surface area contributed by atoms with Gasteiger partial charge in [-0.2, -0.15) is 0 Å². The molecule has 3 rings (SSSR count). The number of fused-ring (bicyclic) bond motifs is 3. The zero-order valence-electron chi connectivity index (χ0n) is 14.0. The van der Waals surface area contributed by atoms with E-state index >= 15 is 0 Å². The summed E-state index contributed by atoms with van der Waals surface area (Å²) in [6.07, 6.45) is 4.24. The molecule has 0 bridgehead atoms. The molecular formula is C18H22N4O2. The number of amidine groups is 1. The highest BCUT2D eigenvalue weighted by Gasteiger charge is 2.13. The Labute approximate surface area is 140 Å². The van der Waals surface area contributed by atoms with Crippen LogP contribution in [0.25, 0.3) is 21.8 Å². The highest BCUT2D eigenvalue weighted by molar-refractivity contribution is 6.09. The Morgan fingerprint density at radius 3 is 2.88 bits per heavy atom. The molecule has 3 aromatic rings. The summed E-state index contributed by atoms with van der Waals surface area (Å²) in [7, 11) is 1.68. The minimum Gasteiger partial charge on any atom is -0.497 e. The predicted molar refractivity (Wildman–Crippen MR) is 95.8 cm³/mol. The molecule has 0 saturated heterocycles. The summed E-state index contributed by atoms with van der Waals surface area (Å²) in [6, 6.07) is 8.21. The molecule has 6 heteroatoms. The Morgan fingerprint density at radius 2 is 2.12 bits per heavy atom. The summed E-state index contributed by atoms with van der Waals surface area (Å²) in [5.74, 6) is 1.12. The number of aromatic nitrogens is 2. The number of aryl methyl sites for hydroxylation is 2. The maximum atomic E-state index is 8.63. The van der Waals surface area contributed by atoms with Crippen LogP contribution in [0, 0.1) is 6.92 Å². The topological polar surface area (TPSA) is 85.7 Å². The third-order valence-electron chi connectivity index (χ3n) is 4.36. The number of benzene rings is 1. The number of unbranched alkanes of at least 4 members (excludes halogenated alkanes) is 1. The van der Waals surface area contributed by atoms with Crippen LogP contribution >= 0.6 is 0 Å². The number of hydrogen-bond acceptors (Lipinski definition) is 4. The van der Waals surface area contributed by atoms with Crippen LogP contribution in [0.1, 0.15) is 25.0 Å². The second-order valence-electron chi connectivity index (χ2n) is 5.88. The molecular weight excluding hydrogens is 304 g/mol. The third kappa shape index (κ3) is 2.87. The van der Waals surface area contributed by atoms with Crippen LogP contribution in [0.4, 0.5) is 0 Å². The molecule has 2 heterocycles. The average Bonchev–Trinajstić information content (AvgIpc) is 2.92. The van der Waals surface area contributed by atoms with Gasteiger partial charge in [0.15, 0.2) is 0 Å². The molecule has 0 spiro atoms. The largest absolute Gasteiger partial charge is 0.497 e. The lowest BCUT2D eigenvalue weighted by Crippen LogP contribution is -2.11. The number of nitrogens with zero attached hydrogens (tertiary/aromatic N) is 3. The average molecular weight is 326 g/mol. The lowest BCUT2D eigenvalue weighted by molar-refractivity contribution is 0.316. The molecule has 3 N–H and O–H groups in total. The van der Waals surface area contributed by atoms with Gasteiger partial charge in [0, 0.05) is 36.0 Å². The number of hydrogen-bond donors (Lipinski definition) is 2. The molecule has 0 saturated carbocycles. The highest BCUT2D eigenvalue weighted by atomic mass is 16.5. The molecule has 24 heavy (non-hydrogen) atoms. The van der Waals surface area contributed by atoms with E-state index in [-0.39, 0.29) is 5.84 Å². The monoisotopic (exact) mass is 326 g/mol. The van der Waals surface area contributed by atoms with E-state index in [9.17, 15) is 0 Å². The number of methoxy groups -OCH3 is 1. The molecule has 0 unspecified atom stereocenters. The molecule has 0 atom stereocenters. The van der Waals surface area contributed by atoms with E-state index < -0.39 is 0 Å². The summed E-state index contributed by atoms with van der Waals surface area (Å²) in [6.45, 7) is 2.88. The van der Waals surface area contributed by atoms with Crippen LogP contribution < -0.4 is 10.5 Å². The van der Waals surface area contributed by atoms with Gasteiger partial charge >= 0.3 is 0 Å². The van der Waals surface area contributed by atoms with Crippen LogP contribution in [-0.2, 0) is 6.54 Å². The first kappa shape index (κ1) is 16.1. The maximum Gasteiger partial charge on any atom is 0.139 e. The van der Waals surface area contributed by atoms with Gasteiger partial charge in [-0.25, -0.2) is 0 Å². The van der Waals surface area contributed by atoms with Gasteiger partial charge in [-0.15, -0.1) is 0 Å². The minimum absolute atomic E-state index is 0.275. The van der Waals surface area contributed by atoms with Gasteiger partial charge < -0.3 is 20.2 Å². The Hall–Kier alpha value is -2.76. The van der Waals surface area contributed by atoms with Crippen LogP contribution in [0.3, 0.4) is 0 Å². The first-order valence-corrected chi connectivity index (χ1v) is 8.03.